The van der Waals surface area contributed by atoms with Crippen molar-refractivity contribution in [1.82, 2.24) is 10.5 Å². The number of carbonyl (C=O) groups is 1. The molecule has 0 saturated carbocycles. The second kappa shape index (κ2) is 10.3. The van der Waals surface area contributed by atoms with Crippen LogP contribution in [-0.4, -0.2) is 40.3 Å². The highest BCUT2D eigenvalue weighted by atomic mass is 16.5. The molecule has 0 amide bonds. The molecule has 1 aliphatic rings. The summed E-state index contributed by atoms with van der Waals surface area (Å²) in [6, 6.07) is 20.0. The number of ketones is 1. The monoisotopic (exact) mass is 484 g/mol. The second-order valence-electron chi connectivity index (χ2n) is 9.12. The third-order valence-corrected chi connectivity index (χ3v) is 6.61. The van der Waals surface area contributed by atoms with Crippen molar-refractivity contribution in [2.75, 3.05) is 13.1 Å². The van der Waals surface area contributed by atoms with E-state index in [2.05, 4.69) is 17.4 Å². The number of phenolic OH excluding ortho intramolecular Hbond substituents is 2. The molecule has 7 heteroatoms. The average Bonchev–Trinajstić information content (AvgIpc) is 3.35. The van der Waals surface area contributed by atoms with Gasteiger partial charge in [0.2, 0.25) is 0 Å². The first-order valence-electron chi connectivity index (χ1n) is 12.1. The molecule has 1 aliphatic heterocycles. The van der Waals surface area contributed by atoms with E-state index in [1.807, 2.05) is 12.1 Å². The fraction of sp³-hybridized carbons (Fsp3) is 0.241. The van der Waals surface area contributed by atoms with Crippen molar-refractivity contribution < 1.29 is 24.3 Å². The molecule has 4 aromatic rings. The quantitative estimate of drug-likeness (QED) is 0.301. The van der Waals surface area contributed by atoms with Gasteiger partial charge in [-0.05, 0) is 87.0 Å². The number of rotatable bonds is 7. The van der Waals surface area contributed by atoms with Crippen LogP contribution < -0.4 is 10.1 Å². The molecule has 36 heavy (non-hydrogen) atoms. The molecule has 1 saturated heterocycles. The largest absolute Gasteiger partial charge is 0.508 e. The van der Waals surface area contributed by atoms with Crippen LogP contribution in [0.5, 0.6) is 17.2 Å². The highest BCUT2D eigenvalue weighted by Crippen LogP contribution is 2.35. The number of hydrogen-bond donors (Lipinski definition) is 3. The highest BCUT2D eigenvalue weighted by Gasteiger charge is 2.27. The van der Waals surface area contributed by atoms with Gasteiger partial charge in [-0.2, -0.15) is 0 Å². The number of aromatic hydroxyl groups is 2. The van der Waals surface area contributed by atoms with Crippen molar-refractivity contribution in [3.63, 3.8) is 0 Å². The number of nitrogens with one attached hydrogen (secondary N) is 1. The molecule has 2 atom stereocenters. The highest BCUT2D eigenvalue weighted by molar-refractivity contribution is 6.15. The lowest BCUT2D eigenvalue weighted by Gasteiger charge is -2.28. The Balaban J connectivity index is 1.51. The standard InChI is InChI=1S/C29H28N2O5/c1-18(22-5-3-15-30-17-22)35-25-6-2-4-21(16-25)28(34)26-27(19-7-11-23(32)12-8-19)31-36-29(26)20-9-13-24(33)14-10-20/h2,4,6-14,16,18,22,30,32-33H,3,5,15,17H2,1H3. The van der Waals surface area contributed by atoms with Gasteiger partial charge in [0.25, 0.3) is 0 Å². The molecule has 2 unspecified atom stereocenters. The van der Waals surface area contributed by atoms with Crippen molar-refractivity contribution >= 4 is 5.78 Å². The van der Waals surface area contributed by atoms with Crippen molar-refractivity contribution in [3.05, 3.63) is 83.9 Å². The lowest BCUT2D eigenvalue weighted by Crippen LogP contribution is -2.37. The number of phenols is 2. The molecule has 7 nitrogen and oxygen atoms in total. The maximum absolute atomic E-state index is 13.9. The second-order valence-corrected chi connectivity index (χ2v) is 9.12. The van der Waals surface area contributed by atoms with Crippen LogP contribution in [0.25, 0.3) is 22.6 Å². The smallest absolute Gasteiger partial charge is 0.199 e. The molecule has 2 heterocycles. The molecule has 0 bridgehead atoms. The third kappa shape index (κ3) is 4.97. The molecule has 0 spiro atoms. The van der Waals surface area contributed by atoms with Gasteiger partial charge in [-0.1, -0.05) is 17.3 Å². The molecular formula is C29H28N2O5. The Morgan fingerprint density at radius 1 is 1.03 bits per heavy atom. The molecular weight excluding hydrogens is 456 g/mol. The van der Waals surface area contributed by atoms with Crippen LogP contribution in [0.15, 0.2) is 77.3 Å². The number of benzene rings is 3. The van der Waals surface area contributed by atoms with E-state index in [1.165, 1.54) is 24.3 Å². The summed E-state index contributed by atoms with van der Waals surface area (Å²) in [7, 11) is 0. The molecule has 184 valence electrons. The zero-order valence-electron chi connectivity index (χ0n) is 20.0. The minimum atomic E-state index is -0.264. The molecule has 0 radical (unpaired) electrons. The third-order valence-electron chi connectivity index (χ3n) is 6.61. The van der Waals surface area contributed by atoms with Crippen LogP contribution in [0.3, 0.4) is 0 Å². The van der Waals surface area contributed by atoms with Gasteiger partial charge in [-0.15, -0.1) is 0 Å². The summed E-state index contributed by atoms with van der Waals surface area (Å²) in [6.07, 6.45) is 2.25. The van der Waals surface area contributed by atoms with Crippen molar-refractivity contribution in [2.24, 2.45) is 5.92 Å². The van der Waals surface area contributed by atoms with Crippen molar-refractivity contribution in [3.8, 4) is 39.8 Å². The fourth-order valence-electron chi connectivity index (χ4n) is 4.57. The minimum Gasteiger partial charge on any atom is -0.508 e. The first kappa shape index (κ1) is 23.6. The molecule has 0 aliphatic carbocycles. The number of aromatic nitrogens is 1. The Bertz CT molecular complexity index is 1280. The summed E-state index contributed by atoms with van der Waals surface area (Å²) < 4.78 is 11.9. The van der Waals surface area contributed by atoms with Gasteiger partial charge in [0.15, 0.2) is 11.5 Å². The lowest BCUT2D eigenvalue weighted by atomic mass is 9.94. The normalized spacial score (nSPS) is 16.4. The van der Waals surface area contributed by atoms with Gasteiger partial charge in [0.1, 0.15) is 22.9 Å². The number of carbonyl (C=O) groups excluding carboxylic acids is 1. The minimum absolute atomic E-state index is 0.0128. The van der Waals surface area contributed by atoms with E-state index in [0.29, 0.717) is 45.4 Å². The van der Waals surface area contributed by atoms with Crippen molar-refractivity contribution in [2.45, 2.75) is 25.9 Å². The molecule has 1 fully saturated rings. The van der Waals surface area contributed by atoms with Gasteiger partial charge in [0.05, 0.1) is 11.7 Å². The number of piperidine rings is 1. The zero-order chi connectivity index (χ0) is 25.1. The predicted molar refractivity (Wildman–Crippen MR) is 136 cm³/mol. The van der Waals surface area contributed by atoms with Crippen LogP contribution in [0.4, 0.5) is 0 Å². The molecule has 5 rings (SSSR count). The van der Waals surface area contributed by atoms with Gasteiger partial charge < -0.3 is 24.8 Å². The van der Waals surface area contributed by atoms with Crippen LogP contribution in [0.1, 0.15) is 35.7 Å². The summed E-state index contributed by atoms with van der Waals surface area (Å²) in [6.45, 7) is 4.03. The molecule has 3 aromatic carbocycles. The van der Waals surface area contributed by atoms with Gasteiger partial charge in [-0.25, -0.2) is 0 Å². The number of ether oxygens (including phenoxy) is 1. The van der Waals surface area contributed by atoms with E-state index >= 15 is 0 Å². The van der Waals surface area contributed by atoms with Crippen LogP contribution in [0.2, 0.25) is 0 Å². The topological polar surface area (TPSA) is 105 Å². The Hall–Kier alpha value is -4.10. The summed E-state index contributed by atoms with van der Waals surface area (Å²) in [4.78, 5) is 13.9. The van der Waals surface area contributed by atoms with Gasteiger partial charge in [0, 0.05) is 29.2 Å². The Kier molecular flexibility index (Phi) is 6.73. The summed E-state index contributed by atoms with van der Waals surface area (Å²) in [5, 5.41) is 27.1. The SMILES string of the molecule is CC(Oc1cccc(C(=O)c2c(-c3ccc(O)cc3)noc2-c2ccc(O)cc2)c1)C1CCCNC1. The van der Waals surface area contributed by atoms with Crippen LogP contribution in [0, 0.1) is 5.92 Å². The summed E-state index contributed by atoms with van der Waals surface area (Å²) >= 11 is 0. The molecule has 3 N–H and O–H groups in total. The van der Waals surface area contributed by atoms with E-state index in [1.54, 1.807) is 36.4 Å². The number of hydrogen-bond acceptors (Lipinski definition) is 7. The van der Waals surface area contributed by atoms with E-state index in [-0.39, 0.29) is 23.4 Å². The Morgan fingerprint density at radius 2 is 1.72 bits per heavy atom. The van der Waals surface area contributed by atoms with E-state index in [0.717, 1.165) is 25.9 Å². The van der Waals surface area contributed by atoms with E-state index in [4.69, 9.17) is 9.26 Å². The van der Waals surface area contributed by atoms with Crippen LogP contribution >= 0.6 is 0 Å². The van der Waals surface area contributed by atoms with Crippen molar-refractivity contribution in [1.29, 1.82) is 0 Å². The summed E-state index contributed by atoms with van der Waals surface area (Å²) in [5.74, 6) is 1.31. The van der Waals surface area contributed by atoms with E-state index in [9.17, 15) is 15.0 Å². The average molecular weight is 485 g/mol. The van der Waals surface area contributed by atoms with E-state index < -0.39 is 0 Å². The lowest BCUT2D eigenvalue weighted by molar-refractivity contribution is 0.103. The maximum Gasteiger partial charge on any atom is 0.199 e. The molecule has 1 aromatic heterocycles. The zero-order valence-corrected chi connectivity index (χ0v) is 20.0. The Labute approximate surface area is 209 Å². The maximum atomic E-state index is 13.9. The van der Waals surface area contributed by atoms with Gasteiger partial charge >= 0.3 is 0 Å². The summed E-state index contributed by atoms with van der Waals surface area (Å²) in [5.41, 5.74) is 2.36. The number of nitrogens with zero attached hydrogens (tertiary/aromatic N) is 1. The van der Waals surface area contributed by atoms with Crippen LogP contribution in [-0.2, 0) is 0 Å². The van der Waals surface area contributed by atoms with Gasteiger partial charge in [-0.3, -0.25) is 4.79 Å². The fourth-order valence-corrected chi connectivity index (χ4v) is 4.57. The Morgan fingerprint density at radius 3 is 2.39 bits per heavy atom. The predicted octanol–water partition coefficient (Wildman–Crippen LogP) is 5.42. The first-order chi connectivity index (χ1) is 17.5. The first-order valence-corrected chi connectivity index (χ1v) is 12.1.